The van der Waals surface area contributed by atoms with Crippen LogP contribution in [0.3, 0.4) is 0 Å². The first kappa shape index (κ1) is 17.4. The van der Waals surface area contributed by atoms with Gasteiger partial charge in [0.05, 0.1) is 10.9 Å². The molecule has 0 aliphatic rings. The molecule has 0 saturated heterocycles. The fraction of sp³-hybridized carbons (Fsp3) is 0.450. The summed E-state index contributed by atoms with van der Waals surface area (Å²) in [6.07, 6.45) is 2.41. The molecule has 3 aromatic rings. The van der Waals surface area contributed by atoms with E-state index < -0.39 is 0 Å². The fourth-order valence-corrected chi connectivity index (χ4v) is 2.98. The van der Waals surface area contributed by atoms with E-state index in [1.165, 1.54) is 5.56 Å². The first-order valence-electron chi connectivity index (χ1n) is 9.05. The summed E-state index contributed by atoms with van der Waals surface area (Å²) in [7, 11) is 0. The monoisotopic (exact) mass is 338 g/mol. The van der Waals surface area contributed by atoms with E-state index in [4.69, 9.17) is 4.98 Å². The van der Waals surface area contributed by atoms with E-state index in [1.54, 1.807) is 0 Å². The fourth-order valence-electron chi connectivity index (χ4n) is 2.98. The highest BCUT2D eigenvalue weighted by Crippen LogP contribution is 2.27. The smallest absolute Gasteiger partial charge is 0.225 e. The first-order chi connectivity index (χ1) is 12.0. The van der Waals surface area contributed by atoms with Gasteiger partial charge in [0.2, 0.25) is 5.91 Å². The van der Waals surface area contributed by atoms with Gasteiger partial charge in [0.1, 0.15) is 0 Å². The molecule has 0 aliphatic carbocycles. The van der Waals surface area contributed by atoms with Crippen LogP contribution in [0.15, 0.2) is 24.3 Å². The third-order valence-corrected chi connectivity index (χ3v) is 4.22. The lowest BCUT2D eigenvalue weighted by Crippen LogP contribution is -2.12. The van der Waals surface area contributed by atoms with Gasteiger partial charge in [-0.15, -0.1) is 0 Å². The van der Waals surface area contributed by atoms with Crippen molar-refractivity contribution in [2.45, 2.75) is 53.5 Å². The van der Waals surface area contributed by atoms with Crippen molar-refractivity contribution in [3.63, 3.8) is 0 Å². The largest absolute Gasteiger partial charge is 0.309 e. The minimum atomic E-state index is 0.0160. The van der Waals surface area contributed by atoms with Crippen molar-refractivity contribution >= 4 is 33.7 Å². The summed E-state index contributed by atoms with van der Waals surface area (Å²) in [4.78, 5) is 17.0. The quantitative estimate of drug-likeness (QED) is 0.710. The number of aryl methyl sites for hydroxylation is 1. The number of pyridine rings is 1. The number of benzene rings is 1. The summed E-state index contributed by atoms with van der Waals surface area (Å²) < 4.78 is 1.91. The molecule has 5 nitrogen and oxygen atoms in total. The summed E-state index contributed by atoms with van der Waals surface area (Å²) in [5, 5.41) is 9.60. The van der Waals surface area contributed by atoms with Gasteiger partial charge in [-0.1, -0.05) is 38.8 Å². The van der Waals surface area contributed by atoms with Crippen LogP contribution in [-0.2, 0) is 11.3 Å². The number of carbonyl (C=O) groups is 1. The van der Waals surface area contributed by atoms with Crippen LogP contribution in [0, 0.1) is 12.8 Å². The van der Waals surface area contributed by atoms with Gasteiger partial charge in [-0.3, -0.25) is 4.79 Å². The average Bonchev–Trinajstić information content (AvgIpc) is 2.87. The molecule has 5 heteroatoms. The molecular weight excluding hydrogens is 312 g/mol. The van der Waals surface area contributed by atoms with E-state index in [-0.39, 0.29) is 5.91 Å². The molecule has 2 heterocycles. The normalized spacial score (nSPS) is 11.6. The second kappa shape index (κ2) is 7.21. The van der Waals surface area contributed by atoms with Gasteiger partial charge in [0, 0.05) is 18.4 Å². The Hall–Kier alpha value is -2.43. The number of nitrogens with one attached hydrogen (secondary N) is 1. The van der Waals surface area contributed by atoms with Crippen molar-refractivity contribution in [3.05, 3.63) is 29.8 Å². The third kappa shape index (κ3) is 3.81. The molecule has 0 spiro atoms. The van der Waals surface area contributed by atoms with Gasteiger partial charge in [-0.05, 0) is 37.5 Å². The number of rotatable bonds is 6. The van der Waals surface area contributed by atoms with Crippen LogP contribution >= 0.6 is 0 Å². The number of aromatic nitrogens is 3. The van der Waals surface area contributed by atoms with Crippen LogP contribution in [0.5, 0.6) is 0 Å². The molecule has 0 unspecified atom stereocenters. The predicted molar refractivity (Wildman–Crippen MR) is 103 cm³/mol. The van der Waals surface area contributed by atoms with E-state index in [0.717, 1.165) is 41.3 Å². The second-order valence-corrected chi connectivity index (χ2v) is 7.13. The molecule has 25 heavy (non-hydrogen) atoms. The SMILES string of the molecule is CCCCC(=O)Nc1nn(CC(C)C)c2nc3ccc(C)cc3cc12. The Morgan fingerprint density at radius 2 is 2.08 bits per heavy atom. The lowest BCUT2D eigenvalue weighted by Gasteiger charge is -2.06. The van der Waals surface area contributed by atoms with E-state index in [2.05, 4.69) is 56.3 Å². The number of fused-ring (bicyclic) bond motifs is 2. The number of unbranched alkanes of at least 4 members (excludes halogenated alkanes) is 1. The minimum absolute atomic E-state index is 0.0160. The highest BCUT2D eigenvalue weighted by molar-refractivity contribution is 6.02. The molecule has 1 N–H and O–H groups in total. The third-order valence-electron chi connectivity index (χ3n) is 4.22. The lowest BCUT2D eigenvalue weighted by molar-refractivity contribution is -0.116. The summed E-state index contributed by atoms with van der Waals surface area (Å²) >= 11 is 0. The molecule has 0 fully saturated rings. The van der Waals surface area contributed by atoms with Crippen molar-refractivity contribution in [1.29, 1.82) is 0 Å². The molecule has 0 saturated carbocycles. The highest BCUT2D eigenvalue weighted by atomic mass is 16.1. The van der Waals surface area contributed by atoms with Gasteiger partial charge in [-0.25, -0.2) is 9.67 Å². The molecule has 0 aliphatic heterocycles. The van der Waals surface area contributed by atoms with Crippen molar-refractivity contribution in [1.82, 2.24) is 14.8 Å². The number of carbonyl (C=O) groups excluding carboxylic acids is 1. The van der Waals surface area contributed by atoms with Crippen LogP contribution < -0.4 is 5.32 Å². The molecule has 132 valence electrons. The molecule has 1 amide bonds. The van der Waals surface area contributed by atoms with Crippen molar-refractivity contribution in [2.75, 3.05) is 5.32 Å². The summed E-state index contributed by atoms with van der Waals surface area (Å²) in [6.45, 7) is 9.22. The van der Waals surface area contributed by atoms with Crippen molar-refractivity contribution in [3.8, 4) is 0 Å². The Kier molecular flexibility index (Phi) is 5.02. The van der Waals surface area contributed by atoms with Crippen LogP contribution in [-0.4, -0.2) is 20.7 Å². The van der Waals surface area contributed by atoms with Crippen LogP contribution in [0.2, 0.25) is 0 Å². The molecule has 0 radical (unpaired) electrons. The number of hydrogen-bond acceptors (Lipinski definition) is 3. The predicted octanol–water partition coefficient (Wildman–Crippen LogP) is 4.68. The van der Waals surface area contributed by atoms with E-state index in [1.807, 2.05) is 10.7 Å². The molecule has 0 bridgehead atoms. The molecular formula is C20H26N4O. The number of nitrogens with zero attached hydrogens (tertiary/aromatic N) is 3. The van der Waals surface area contributed by atoms with Crippen molar-refractivity contribution in [2.24, 2.45) is 5.92 Å². The maximum Gasteiger partial charge on any atom is 0.225 e. The van der Waals surface area contributed by atoms with Gasteiger partial charge in [-0.2, -0.15) is 5.10 Å². The first-order valence-corrected chi connectivity index (χ1v) is 9.05. The molecule has 1 aromatic carbocycles. The van der Waals surface area contributed by atoms with Crippen LogP contribution in [0.25, 0.3) is 21.9 Å². The lowest BCUT2D eigenvalue weighted by atomic mass is 10.1. The Balaban J connectivity index is 2.09. The van der Waals surface area contributed by atoms with E-state index in [9.17, 15) is 4.79 Å². The van der Waals surface area contributed by atoms with Gasteiger partial charge < -0.3 is 5.32 Å². The van der Waals surface area contributed by atoms with Crippen LogP contribution in [0.1, 0.15) is 45.6 Å². The maximum absolute atomic E-state index is 12.2. The maximum atomic E-state index is 12.2. The van der Waals surface area contributed by atoms with E-state index >= 15 is 0 Å². The zero-order valence-electron chi connectivity index (χ0n) is 15.5. The topological polar surface area (TPSA) is 59.8 Å². The van der Waals surface area contributed by atoms with E-state index in [0.29, 0.717) is 18.2 Å². The Bertz CT molecular complexity index is 911. The van der Waals surface area contributed by atoms with Crippen LogP contribution in [0.4, 0.5) is 5.82 Å². The average molecular weight is 338 g/mol. The number of amides is 1. The van der Waals surface area contributed by atoms with Gasteiger partial charge >= 0.3 is 0 Å². The Morgan fingerprint density at radius 3 is 2.80 bits per heavy atom. The molecule has 0 atom stereocenters. The van der Waals surface area contributed by atoms with Crippen molar-refractivity contribution < 1.29 is 4.79 Å². The Morgan fingerprint density at radius 1 is 1.28 bits per heavy atom. The zero-order valence-corrected chi connectivity index (χ0v) is 15.5. The highest BCUT2D eigenvalue weighted by Gasteiger charge is 2.16. The summed E-state index contributed by atoms with van der Waals surface area (Å²) in [5.41, 5.74) is 2.97. The number of hydrogen-bond donors (Lipinski definition) is 1. The molecule has 2 aromatic heterocycles. The number of anilines is 1. The standard InChI is InChI=1S/C20H26N4O/c1-5-6-7-18(25)22-19-16-11-15-10-14(4)8-9-17(15)21-20(16)24(23-19)12-13(2)3/h8-11,13H,5-7,12H2,1-4H3,(H,22,23,25). The second-order valence-electron chi connectivity index (χ2n) is 7.13. The van der Waals surface area contributed by atoms with Gasteiger partial charge in [0.25, 0.3) is 0 Å². The zero-order chi connectivity index (χ0) is 18.0. The van der Waals surface area contributed by atoms with Gasteiger partial charge in [0.15, 0.2) is 11.5 Å². The summed E-state index contributed by atoms with van der Waals surface area (Å²) in [5.74, 6) is 1.08. The summed E-state index contributed by atoms with van der Waals surface area (Å²) in [6, 6.07) is 8.31. The Labute approximate surface area is 148 Å². The molecule has 3 rings (SSSR count). The minimum Gasteiger partial charge on any atom is -0.309 e.